The predicted octanol–water partition coefficient (Wildman–Crippen LogP) is 2.79. The highest BCUT2D eigenvalue weighted by Gasteiger charge is 2.57. The summed E-state index contributed by atoms with van der Waals surface area (Å²) in [6.07, 6.45) is 1.59. The van der Waals surface area contributed by atoms with Crippen molar-refractivity contribution in [2.45, 2.75) is 26.7 Å². The zero-order valence-corrected chi connectivity index (χ0v) is 15.3. The number of halogens is 1. The molecule has 0 aromatic heterocycles. The number of carboxylic acid groups (broad SMARTS) is 1. The van der Waals surface area contributed by atoms with E-state index in [0.29, 0.717) is 10.6 Å². The van der Waals surface area contributed by atoms with Crippen molar-refractivity contribution in [1.29, 1.82) is 0 Å². The van der Waals surface area contributed by atoms with Crippen LogP contribution in [0.4, 0.5) is 0 Å². The van der Waals surface area contributed by atoms with Gasteiger partial charge in [0.05, 0.1) is 11.8 Å². The molecule has 2 aliphatic rings. The molecule has 2 bridgehead atoms. The number of hydrogen-bond acceptors (Lipinski definition) is 3. The van der Waals surface area contributed by atoms with Crippen molar-refractivity contribution < 1.29 is 19.5 Å². The third-order valence-electron chi connectivity index (χ3n) is 5.39. The van der Waals surface area contributed by atoms with Crippen molar-refractivity contribution in [3.63, 3.8) is 0 Å². The molecule has 2 amide bonds. The normalized spacial score (nSPS) is 26.5. The Morgan fingerprint density at radius 2 is 1.73 bits per heavy atom. The van der Waals surface area contributed by atoms with Gasteiger partial charge in [0.15, 0.2) is 0 Å². The molecular weight excluding hydrogens is 356 g/mol. The molecule has 1 aromatic carbocycles. The lowest BCUT2D eigenvalue weighted by atomic mass is 9.79. The van der Waals surface area contributed by atoms with E-state index in [1.807, 2.05) is 13.8 Å². The zero-order chi connectivity index (χ0) is 19.0. The molecule has 0 aliphatic heterocycles. The first-order valence-electron chi connectivity index (χ1n) is 8.57. The van der Waals surface area contributed by atoms with Gasteiger partial charge in [-0.15, -0.1) is 0 Å². The number of benzene rings is 1. The summed E-state index contributed by atoms with van der Waals surface area (Å²) in [6, 6.07) is 6.34. The van der Waals surface area contributed by atoms with E-state index in [1.165, 1.54) is 6.07 Å². The fourth-order valence-electron chi connectivity index (χ4n) is 4.51. The number of hydrogen-bond donors (Lipinski definition) is 3. The van der Waals surface area contributed by atoms with Crippen molar-refractivity contribution in [2.24, 2.45) is 23.7 Å². The maximum Gasteiger partial charge on any atom is 0.307 e. The maximum absolute atomic E-state index is 12.7. The zero-order valence-electron chi connectivity index (χ0n) is 14.6. The maximum atomic E-state index is 12.7. The van der Waals surface area contributed by atoms with Crippen LogP contribution >= 0.6 is 11.6 Å². The molecule has 3 N–H and O–H groups in total. The molecule has 0 saturated heterocycles. The summed E-state index contributed by atoms with van der Waals surface area (Å²) >= 11 is 5.86. The van der Waals surface area contributed by atoms with Gasteiger partial charge in [-0.1, -0.05) is 28.8 Å². The van der Waals surface area contributed by atoms with Crippen LogP contribution in [0.2, 0.25) is 5.02 Å². The van der Waals surface area contributed by atoms with Gasteiger partial charge in [-0.05, 0) is 56.7 Å². The number of allylic oxidation sites excluding steroid dienone is 2. The highest BCUT2D eigenvalue weighted by atomic mass is 35.5. The molecule has 138 valence electrons. The molecule has 4 unspecified atom stereocenters. The third-order valence-corrected chi connectivity index (χ3v) is 5.63. The summed E-state index contributed by atoms with van der Waals surface area (Å²) in [5.74, 6) is -3.51. The second-order valence-electron chi connectivity index (χ2n) is 7.09. The Labute approximate surface area is 156 Å². The standard InChI is InChI=1S/C19H21ClN2O4/c1-9(2)14-12-6-7-13(14)16(19(25)26)15(12)18(24)22-21-17(23)10-4-3-5-11(20)8-10/h3-5,8,12-13,15-16H,6-7H2,1-2H3,(H,21,23)(H,22,24)(H,25,26). The second kappa shape index (κ2) is 7.11. The van der Waals surface area contributed by atoms with Crippen LogP contribution in [0.5, 0.6) is 0 Å². The number of fused-ring (bicyclic) bond motifs is 2. The summed E-state index contributed by atoms with van der Waals surface area (Å²) in [6.45, 7) is 3.92. The lowest BCUT2D eigenvalue weighted by Gasteiger charge is -2.26. The van der Waals surface area contributed by atoms with Crippen molar-refractivity contribution in [3.8, 4) is 0 Å². The number of carbonyl (C=O) groups excluding carboxylic acids is 2. The fraction of sp³-hybridized carbons (Fsp3) is 0.421. The average molecular weight is 377 g/mol. The van der Waals surface area contributed by atoms with E-state index in [0.717, 1.165) is 24.0 Å². The Balaban J connectivity index is 1.74. The van der Waals surface area contributed by atoms with Crippen molar-refractivity contribution in [1.82, 2.24) is 10.9 Å². The topological polar surface area (TPSA) is 95.5 Å². The Morgan fingerprint density at radius 1 is 1.08 bits per heavy atom. The number of carbonyl (C=O) groups is 3. The van der Waals surface area contributed by atoms with E-state index in [4.69, 9.17) is 11.6 Å². The average Bonchev–Trinajstić information content (AvgIpc) is 3.15. The SMILES string of the molecule is CC(C)=C1C2CCC1C(C(=O)NNC(=O)c1cccc(Cl)c1)C2C(=O)O. The first-order valence-corrected chi connectivity index (χ1v) is 8.95. The second-order valence-corrected chi connectivity index (χ2v) is 7.53. The van der Waals surface area contributed by atoms with E-state index >= 15 is 0 Å². The monoisotopic (exact) mass is 376 g/mol. The van der Waals surface area contributed by atoms with E-state index < -0.39 is 29.6 Å². The van der Waals surface area contributed by atoms with Crippen LogP contribution in [0, 0.1) is 23.7 Å². The molecule has 2 fully saturated rings. The Bertz CT molecular complexity index is 800. The number of carboxylic acids is 1. The van der Waals surface area contributed by atoms with Gasteiger partial charge in [0.25, 0.3) is 5.91 Å². The van der Waals surface area contributed by atoms with Gasteiger partial charge in [0, 0.05) is 10.6 Å². The van der Waals surface area contributed by atoms with Crippen LogP contribution < -0.4 is 10.9 Å². The number of nitrogens with one attached hydrogen (secondary N) is 2. The molecular formula is C19H21ClN2O4. The smallest absolute Gasteiger partial charge is 0.307 e. The van der Waals surface area contributed by atoms with E-state index in [2.05, 4.69) is 10.9 Å². The van der Waals surface area contributed by atoms with Crippen LogP contribution in [0.25, 0.3) is 0 Å². The van der Waals surface area contributed by atoms with E-state index in [1.54, 1.807) is 18.2 Å². The van der Waals surface area contributed by atoms with Gasteiger partial charge in [-0.2, -0.15) is 0 Å². The molecule has 3 rings (SSSR count). The Kier molecular flexibility index (Phi) is 5.05. The largest absolute Gasteiger partial charge is 0.481 e. The summed E-state index contributed by atoms with van der Waals surface area (Å²) in [7, 11) is 0. The molecule has 2 saturated carbocycles. The lowest BCUT2D eigenvalue weighted by Crippen LogP contribution is -2.48. The number of aliphatic carboxylic acids is 1. The van der Waals surface area contributed by atoms with Crippen molar-refractivity contribution in [2.75, 3.05) is 0 Å². The minimum Gasteiger partial charge on any atom is -0.481 e. The highest BCUT2D eigenvalue weighted by Crippen LogP contribution is 2.57. The van der Waals surface area contributed by atoms with Gasteiger partial charge in [0.1, 0.15) is 0 Å². The first-order chi connectivity index (χ1) is 12.3. The summed E-state index contributed by atoms with van der Waals surface area (Å²) < 4.78 is 0. The molecule has 26 heavy (non-hydrogen) atoms. The minimum atomic E-state index is -0.961. The Morgan fingerprint density at radius 3 is 2.31 bits per heavy atom. The third kappa shape index (κ3) is 3.21. The van der Waals surface area contributed by atoms with Crippen molar-refractivity contribution in [3.05, 3.63) is 46.0 Å². The van der Waals surface area contributed by atoms with Crippen LogP contribution in [0.1, 0.15) is 37.0 Å². The molecule has 1 aromatic rings. The fourth-order valence-corrected chi connectivity index (χ4v) is 4.70. The van der Waals surface area contributed by atoms with E-state index in [-0.39, 0.29) is 11.8 Å². The molecule has 4 atom stereocenters. The summed E-state index contributed by atoms with van der Waals surface area (Å²) in [5, 5.41) is 10.0. The number of hydrazine groups is 1. The van der Waals surface area contributed by atoms with Gasteiger partial charge in [-0.3, -0.25) is 25.2 Å². The molecule has 2 aliphatic carbocycles. The summed E-state index contributed by atoms with van der Waals surface area (Å²) in [5.41, 5.74) is 7.26. The number of rotatable bonds is 3. The lowest BCUT2D eigenvalue weighted by molar-refractivity contribution is -0.149. The molecule has 6 nitrogen and oxygen atoms in total. The molecule has 0 spiro atoms. The van der Waals surface area contributed by atoms with Gasteiger partial charge in [0.2, 0.25) is 5.91 Å². The molecule has 7 heteroatoms. The van der Waals surface area contributed by atoms with Gasteiger partial charge >= 0.3 is 5.97 Å². The number of amides is 2. The predicted molar refractivity (Wildman–Crippen MR) is 96.3 cm³/mol. The van der Waals surface area contributed by atoms with Crippen LogP contribution in [-0.4, -0.2) is 22.9 Å². The van der Waals surface area contributed by atoms with Crippen LogP contribution in [0.15, 0.2) is 35.4 Å². The van der Waals surface area contributed by atoms with Gasteiger partial charge < -0.3 is 5.11 Å². The first kappa shape index (κ1) is 18.5. The highest BCUT2D eigenvalue weighted by molar-refractivity contribution is 6.30. The van der Waals surface area contributed by atoms with Crippen LogP contribution in [0.3, 0.4) is 0 Å². The summed E-state index contributed by atoms with van der Waals surface area (Å²) in [4.78, 5) is 36.6. The quantitative estimate of drug-likeness (QED) is 0.558. The minimum absolute atomic E-state index is 0.0748. The Hall–Kier alpha value is -2.34. The van der Waals surface area contributed by atoms with Gasteiger partial charge in [-0.25, -0.2) is 0 Å². The van der Waals surface area contributed by atoms with Crippen LogP contribution in [-0.2, 0) is 9.59 Å². The van der Waals surface area contributed by atoms with Crippen molar-refractivity contribution >= 4 is 29.4 Å². The molecule has 0 radical (unpaired) electrons. The molecule has 0 heterocycles. The van der Waals surface area contributed by atoms with E-state index in [9.17, 15) is 19.5 Å².